The average Bonchev–Trinajstić information content (AvgIpc) is 2.88. The van der Waals surface area contributed by atoms with Gasteiger partial charge in [0.25, 0.3) is 5.91 Å². The van der Waals surface area contributed by atoms with Crippen molar-refractivity contribution in [3.05, 3.63) is 35.9 Å². The summed E-state index contributed by atoms with van der Waals surface area (Å²) in [5.74, 6) is 0.560. The number of hydrogen-bond donors (Lipinski definition) is 1. The molecule has 3 rings (SSSR count). The van der Waals surface area contributed by atoms with Gasteiger partial charge in [0.05, 0.1) is 6.67 Å². The molecule has 26 heavy (non-hydrogen) atoms. The molecule has 1 aromatic rings. The zero-order valence-corrected chi connectivity index (χ0v) is 16.2. The summed E-state index contributed by atoms with van der Waals surface area (Å²) in [5, 5.41) is 3.12. The van der Waals surface area contributed by atoms with E-state index in [1.54, 1.807) is 0 Å². The third-order valence-corrected chi connectivity index (χ3v) is 5.64. The third-order valence-electron chi connectivity index (χ3n) is 5.64. The van der Waals surface area contributed by atoms with E-state index in [0.29, 0.717) is 12.6 Å². The Labute approximate surface area is 156 Å². The quantitative estimate of drug-likeness (QED) is 0.792. The minimum absolute atomic E-state index is 0.0868. The second kappa shape index (κ2) is 7.78. The average molecular weight is 357 g/mol. The first-order valence-electron chi connectivity index (χ1n) is 9.83. The van der Waals surface area contributed by atoms with Crippen LogP contribution in [0.25, 0.3) is 0 Å². The van der Waals surface area contributed by atoms with Crippen LogP contribution in [0.3, 0.4) is 0 Å². The van der Waals surface area contributed by atoms with E-state index in [1.165, 1.54) is 11.3 Å². The molecule has 0 radical (unpaired) electrons. The van der Waals surface area contributed by atoms with Crippen molar-refractivity contribution in [1.82, 2.24) is 15.1 Å². The van der Waals surface area contributed by atoms with E-state index < -0.39 is 5.54 Å². The largest absolute Gasteiger partial charge is 0.326 e. The number of carbonyl (C=O) groups excluding carboxylic acids is 2. The van der Waals surface area contributed by atoms with Crippen LogP contribution in [0.2, 0.25) is 0 Å². The van der Waals surface area contributed by atoms with Crippen molar-refractivity contribution in [3.63, 3.8) is 0 Å². The van der Waals surface area contributed by atoms with Gasteiger partial charge in [0, 0.05) is 6.54 Å². The molecular weight excluding hydrogens is 326 g/mol. The van der Waals surface area contributed by atoms with Gasteiger partial charge in [0.1, 0.15) is 5.54 Å². The van der Waals surface area contributed by atoms with Gasteiger partial charge in [-0.25, -0.2) is 9.69 Å². The number of nitrogens with zero attached hydrogens (tertiary/aromatic N) is 2. The molecule has 1 aromatic carbocycles. The van der Waals surface area contributed by atoms with Crippen molar-refractivity contribution >= 4 is 11.9 Å². The molecule has 5 heteroatoms. The summed E-state index contributed by atoms with van der Waals surface area (Å²) >= 11 is 0. The van der Waals surface area contributed by atoms with E-state index in [9.17, 15) is 9.59 Å². The molecule has 1 heterocycles. The molecule has 1 unspecified atom stereocenters. The predicted molar refractivity (Wildman–Crippen MR) is 102 cm³/mol. The molecule has 0 bridgehead atoms. The van der Waals surface area contributed by atoms with Crippen molar-refractivity contribution in [2.75, 3.05) is 20.3 Å². The predicted octanol–water partition coefficient (Wildman–Crippen LogP) is 3.56. The van der Waals surface area contributed by atoms with Crippen molar-refractivity contribution in [3.8, 4) is 0 Å². The number of benzene rings is 1. The minimum atomic E-state index is -0.905. The normalized spacial score (nSPS) is 24.6. The van der Waals surface area contributed by atoms with Gasteiger partial charge in [0.15, 0.2) is 0 Å². The standard InChI is InChI=1S/C21H31N3O2/c1-16(2)14-23(3)15-24-19(25)21(22-20(24)26,17-10-6-4-7-11-17)18-12-8-5-9-13-18/h4,6-7,10-11,16,18H,5,8-9,12-15H2,1-3H3,(H,22,26). The smallest absolute Gasteiger partial charge is 0.319 e. The van der Waals surface area contributed by atoms with Crippen LogP contribution in [0.1, 0.15) is 51.5 Å². The van der Waals surface area contributed by atoms with Crippen molar-refractivity contribution in [1.29, 1.82) is 0 Å². The van der Waals surface area contributed by atoms with Gasteiger partial charge in [-0.3, -0.25) is 9.69 Å². The van der Waals surface area contributed by atoms with Gasteiger partial charge < -0.3 is 5.32 Å². The maximum absolute atomic E-state index is 13.6. The molecule has 1 aliphatic carbocycles. The van der Waals surface area contributed by atoms with E-state index >= 15 is 0 Å². The summed E-state index contributed by atoms with van der Waals surface area (Å²) in [6.07, 6.45) is 5.42. The van der Waals surface area contributed by atoms with E-state index in [0.717, 1.165) is 37.8 Å². The van der Waals surface area contributed by atoms with Gasteiger partial charge in [0.2, 0.25) is 0 Å². The molecule has 1 atom stereocenters. The van der Waals surface area contributed by atoms with Crippen LogP contribution in [0, 0.1) is 11.8 Å². The highest BCUT2D eigenvalue weighted by Gasteiger charge is 2.56. The van der Waals surface area contributed by atoms with Crippen LogP contribution in [0.15, 0.2) is 30.3 Å². The van der Waals surface area contributed by atoms with Gasteiger partial charge in [-0.15, -0.1) is 0 Å². The van der Waals surface area contributed by atoms with Crippen LogP contribution in [-0.4, -0.2) is 42.0 Å². The van der Waals surface area contributed by atoms with Crippen LogP contribution < -0.4 is 5.32 Å². The first-order valence-corrected chi connectivity index (χ1v) is 9.83. The molecule has 2 fully saturated rings. The lowest BCUT2D eigenvalue weighted by atomic mass is 9.71. The molecular formula is C21H31N3O2. The van der Waals surface area contributed by atoms with E-state index in [4.69, 9.17) is 0 Å². The van der Waals surface area contributed by atoms with E-state index in [1.807, 2.05) is 42.3 Å². The van der Waals surface area contributed by atoms with Crippen LogP contribution in [-0.2, 0) is 10.3 Å². The van der Waals surface area contributed by atoms with Gasteiger partial charge in [-0.1, -0.05) is 63.4 Å². The first-order chi connectivity index (χ1) is 12.4. The molecule has 5 nitrogen and oxygen atoms in total. The van der Waals surface area contributed by atoms with Gasteiger partial charge in [-0.2, -0.15) is 0 Å². The Hall–Kier alpha value is -1.88. The fourth-order valence-corrected chi connectivity index (χ4v) is 4.59. The Balaban J connectivity index is 1.92. The first kappa shape index (κ1) is 18.9. The summed E-state index contributed by atoms with van der Waals surface area (Å²) in [7, 11) is 1.96. The lowest BCUT2D eigenvalue weighted by molar-refractivity contribution is -0.135. The number of carbonyl (C=O) groups is 2. The molecule has 1 aliphatic heterocycles. The monoisotopic (exact) mass is 357 g/mol. The minimum Gasteiger partial charge on any atom is -0.319 e. The molecule has 3 amide bonds. The molecule has 1 N–H and O–H groups in total. The Morgan fingerprint density at radius 1 is 1.15 bits per heavy atom. The van der Waals surface area contributed by atoms with Crippen LogP contribution in [0.4, 0.5) is 4.79 Å². The third kappa shape index (κ3) is 3.50. The highest BCUT2D eigenvalue weighted by atomic mass is 16.2. The number of rotatable bonds is 6. The number of nitrogens with one attached hydrogen (secondary N) is 1. The lowest BCUT2D eigenvalue weighted by Gasteiger charge is -2.38. The molecule has 0 spiro atoms. The van der Waals surface area contributed by atoms with Crippen LogP contribution in [0.5, 0.6) is 0 Å². The maximum Gasteiger partial charge on any atom is 0.326 e. The highest BCUT2D eigenvalue weighted by Crippen LogP contribution is 2.43. The maximum atomic E-state index is 13.6. The van der Waals surface area contributed by atoms with Crippen molar-refractivity contribution in [2.24, 2.45) is 11.8 Å². The topological polar surface area (TPSA) is 52.6 Å². The second-order valence-electron chi connectivity index (χ2n) is 8.25. The number of amides is 3. The Morgan fingerprint density at radius 3 is 2.42 bits per heavy atom. The second-order valence-corrected chi connectivity index (χ2v) is 8.25. The summed E-state index contributed by atoms with van der Waals surface area (Å²) in [4.78, 5) is 29.8. The lowest BCUT2D eigenvalue weighted by Crippen LogP contribution is -2.51. The number of urea groups is 1. The molecule has 1 saturated heterocycles. The SMILES string of the molecule is CC(C)CN(C)CN1C(=O)NC(c2ccccc2)(C2CCCCC2)C1=O. The van der Waals surface area contributed by atoms with Gasteiger partial charge >= 0.3 is 6.03 Å². The fraction of sp³-hybridized carbons (Fsp3) is 0.619. The number of imide groups is 1. The van der Waals surface area contributed by atoms with E-state index in [-0.39, 0.29) is 17.9 Å². The highest BCUT2D eigenvalue weighted by molar-refractivity contribution is 6.07. The zero-order chi connectivity index (χ0) is 18.7. The molecule has 1 saturated carbocycles. The van der Waals surface area contributed by atoms with Gasteiger partial charge in [-0.05, 0) is 37.3 Å². The Morgan fingerprint density at radius 2 is 1.81 bits per heavy atom. The Kier molecular flexibility index (Phi) is 5.66. The van der Waals surface area contributed by atoms with E-state index in [2.05, 4.69) is 19.2 Å². The Bertz CT molecular complexity index is 640. The zero-order valence-electron chi connectivity index (χ0n) is 16.2. The summed E-state index contributed by atoms with van der Waals surface area (Å²) < 4.78 is 0. The van der Waals surface area contributed by atoms with Crippen molar-refractivity contribution in [2.45, 2.75) is 51.5 Å². The van der Waals surface area contributed by atoms with Crippen LogP contribution >= 0.6 is 0 Å². The summed E-state index contributed by atoms with van der Waals surface area (Å²) in [6, 6.07) is 9.55. The van der Waals surface area contributed by atoms with Crippen molar-refractivity contribution < 1.29 is 9.59 Å². The molecule has 142 valence electrons. The number of hydrogen-bond acceptors (Lipinski definition) is 3. The molecule has 2 aliphatic rings. The summed E-state index contributed by atoms with van der Waals surface area (Å²) in [5.41, 5.74) is 0.0107. The molecule has 0 aromatic heterocycles. The summed E-state index contributed by atoms with van der Waals surface area (Å²) in [6.45, 7) is 5.46. The fourth-order valence-electron chi connectivity index (χ4n) is 4.59.